The van der Waals surface area contributed by atoms with Crippen LogP contribution in [0.3, 0.4) is 0 Å². The van der Waals surface area contributed by atoms with Crippen molar-refractivity contribution in [3.05, 3.63) is 58.2 Å². The molecule has 1 unspecified atom stereocenters. The molecule has 2 atom stereocenters. The normalized spacial score (nSPS) is 21.4. The first-order chi connectivity index (χ1) is 11.9. The van der Waals surface area contributed by atoms with Crippen LogP contribution in [0.25, 0.3) is 0 Å². The summed E-state index contributed by atoms with van der Waals surface area (Å²) in [5.74, 6) is 0. The van der Waals surface area contributed by atoms with E-state index >= 15 is 0 Å². The van der Waals surface area contributed by atoms with Crippen molar-refractivity contribution < 1.29 is 0 Å². The lowest BCUT2D eigenvalue weighted by molar-refractivity contribution is 0.306. The zero-order valence-corrected chi connectivity index (χ0v) is 17.2. The molecule has 1 aliphatic rings. The summed E-state index contributed by atoms with van der Waals surface area (Å²) >= 11 is 0. The van der Waals surface area contributed by atoms with E-state index < -0.39 is 0 Å². The van der Waals surface area contributed by atoms with E-state index in [9.17, 15) is 0 Å². The summed E-state index contributed by atoms with van der Waals surface area (Å²) in [6.45, 7) is 14.7. The van der Waals surface area contributed by atoms with Crippen molar-refractivity contribution in [2.75, 3.05) is 6.54 Å². The lowest BCUT2D eigenvalue weighted by Gasteiger charge is -2.39. The van der Waals surface area contributed by atoms with E-state index in [-0.39, 0.29) is 5.41 Å². The van der Waals surface area contributed by atoms with Crippen molar-refractivity contribution in [1.29, 1.82) is 0 Å². The van der Waals surface area contributed by atoms with E-state index in [0.717, 1.165) is 19.4 Å². The van der Waals surface area contributed by atoms with Gasteiger partial charge in [0, 0.05) is 11.5 Å². The Hall–Kier alpha value is -1.34. The number of hydrogen-bond acceptors (Lipinski definition) is 1. The summed E-state index contributed by atoms with van der Waals surface area (Å²) in [4.78, 5) is 0. The van der Waals surface area contributed by atoms with Crippen molar-refractivity contribution >= 4 is 0 Å². The number of allylic oxidation sites excluding steroid dienone is 4. The summed E-state index contributed by atoms with van der Waals surface area (Å²) in [7, 11) is 0. The molecule has 138 valence electrons. The minimum absolute atomic E-state index is 0.197. The number of nitrogens with one attached hydrogen (secondary N) is 1. The minimum Gasteiger partial charge on any atom is -0.313 e. The summed E-state index contributed by atoms with van der Waals surface area (Å²) in [6.07, 6.45) is 10.8. The maximum absolute atomic E-state index is 3.82. The molecule has 0 saturated carbocycles. The predicted molar refractivity (Wildman–Crippen MR) is 111 cm³/mol. The summed E-state index contributed by atoms with van der Waals surface area (Å²) in [5, 5.41) is 3.82. The Kier molecular flexibility index (Phi) is 7.07. The second kappa shape index (κ2) is 8.85. The van der Waals surface area contributed by atoms with E-state index in [2.05, 4.69) is 77.2 Å². The van der Waals surface area contributed by atoms with Crippen molar-refractivity contribution in [2.45, 2.75) is 85.1 Å². The standard InChI is InChI=1S/C24H37N/c1-7-18(3)14-19(4)11-12-24(8-2,23-10-9-13-25-23)22-16-20(5)15-21(6)17-22/h11,14-17,23,25H,7-10,12-13H2,1-6H3/b18-14-,19-11-/t23?,24-/m1/s1. The zero-order chi connectivity index (χ0) is 18.4. The molecule has 25 heavy (non-hydrogen) atoms. The molecule has 1 fully saturated rings. The quantitative estimate of drug-likeness (QED) is 0.567. The number of rotatable bonds is 7. The van der Waals surface area contributed by atoms with Gasteiger partial charge in [-0.2, -0.15) is 0 Å². The Morgan fingerprint density at radius 2 is 1.84 bits per heavy atom. The highest BCUT2D eigenvalue weighted by Crippen LogP contribution is 2.40. The van der Waals surface area contributed by atoms with E-state index in [1.54, 1.807) is 0 Å². The molecule has 1 aliphatic heterocycles. The van der Waals surface area contributed by atoms with Crippen LogP contribution in [0.15, 0.2) is 41.5 Å². The van der Waals surface area contributed by atoms with E-state index in [1.807, 2.05) is 0 Å². The van der Waals surface area contributed by atoms with Crippen molar-refractivity contribution in [2.24, 2.45) is 0 Å². The predicted octanol–water partition coefficient (Wildman–Crippen LogP) is 6.40. The Balaban J connectivity index is 2.43. The maximum atomic E-state index is 3.82. The topological polar surface area (TPSA) is 12.0 Å². The van der Waals surface area contributed by atoms with Crippen LogP contribution in [0.4, 0.5) is 0 Å². The Labute approximate surface area is 155 Å². The third-order valence-electron chi connectivity index (χ3n) is 5.97. The van der Waals surface area contributed by atoms with Gasteiger partial charge in [-0.25, -0.2) is 0 Å². The Morgan fingerprint density at radius 1 is 1.16 bits per heavy atom. The van der Waals surface area contributed by atoms with Gasteiger partial charge in [-0.3, -0.25) is 0 Å². The third kappa shape index (κ3) is 4.85. The first kappa shape index (κ1) is 20.0. The Bertz CT molecular complexity index is 611. The van der Waals surface area contributed by atoms with E-state index in [1.165, 1.54) is 47.1 Å². The molecule has 1 nitrogen and oxygen atoms in total. The van der Waals surface area contributed by atoms with Crippen LogP contribution in [0.2, 0.25) is 0 Å². The van der Waals surface area contributed by atoms with Crippen molar-refractivity contribution in [1.82, 2.24) is 5.32 Å². The van der Waals surface area contributed by atoms with Gasteiger partial charge in [0.2, 0.25) is 0 Å². The summed E-state index contributed by atoms with van der Waals surface area (Å²) in [5.41, 5.74) is 7.34. The molecule has 0 bridgehead atoms. The summed E-state index contributed by atoms with van der Waals surface area (Å²) < 4.78 is 0. The molecule has 0 amide bonds. The zero-order valence-electron chi connectivity index (χ0n) is 17.2. The molecule has 0 radical (unpaired) electrons. The van der Waals surface area contributed by atoms with Gasteiger partial charge in [-0.15, -0.1) is 0 Å². The molecule has 2 rings (SSSR count). The van der Waals surface area contributed by atoms with Gasteiger partial charge in [-0.1, -0.05) is 66.5 Å². The van der Waals surface area contributed by atoms with Gasteiger partial charge in [0.25, 0.3) is 0 Å². The first-order valence-electron chi connectivity index (χ1n) is 10.1. The highest BCUT2D eigenvalue weighted by molar-refractivity contribution is 5.37. The van der Waals surface area contributed by atoms with Crippen LogP contribution >= 0.6 is 0 Å². The van der Waals surface area contributed by atoms with Gasteiger partial charge in [0.1, 0.15) is 0 Å². The van der Waals surface area contributed by atoms with Crippen LogP contribution in [-0.4, -0.2) is 12.6 Å². The van der Waals surface area contributed by atoms with Crippen LogP contribution in [-0.2, 0) is 5.41 Å². The molecular formula is C24H37N. The second-order valence-corrected chi connectivity index (χ2v) is 8.03. The molecule has 0 aromatic heterocycles. The van der Waals surface area contributed by atoms with Crippen molar-refractivity contribution in [3.8, 4) is 0 Å². The van der Waals surface area contributed by atoms with Gasteiger partial charge in [-0.05, 0) is 71.9 Å². The van der Waals surface area contributed by atoms with Crippen LogP contribution in [0.1, 0.15) is 76.5 Å². The summed E-state index contributed by atoms with van der Waals surface area (Å²) in [6, 6.07) is 7.72. The maximum Gasteiger partial charge on any atom is 0.0167 e. The smallest absolute Gasteiger partial charge is 0.0167 e. The molecule has 1 N–H and O–H groups in total. The molecule has 1 saturated heterocycles. The molecule has 1 heteroatoms. The number of aryl methyl sites for hydroxylation is 2. The van der Waals surface area contributed by atoms with E-state index in [4.69, 9.17) is 0 Å². The van der Waals surface area contributed by atoms with Gasteiger partial charge >= 0.3 is 0 Å². The fourth-order valence-electron chi connectivity index (χ4n) is 4.37. The fraction of sp³-hybridized carbons (Fsp3) is 0.583. The van der Waals surface area contributed by atoms with Crippen LogP contribution in [0, 0.1) is 13.8 Å². The first-order valence-corrected chi connectivity index (χ1v) is 10.1. The van der Waals surface area contributed by atoms with Crippen LogP contribution in [0.5, 0.6) is 0 Å². The average Bonchev–Trinajstić information content (AvgIpc) is 3.10. The third-order valence-corrected chi connectivity index (χ3v) is 5.97. The lowest BCUT2D eigenvalue weighted by Crippen LogP contribution is -2.44. The fourth-order valence-corrected chi connectivity index (χ4v) is 4.37. The molecule has 0 aliphatic carbocycles. The molecule has 1 aromatic rings. The molecule has 1 aromatic carbocycles. The highest BCUT2D eigenvalue weighted by atomic mass is 15.0. The van der Waals surface area contributed by atoms with Crippen LogP contribution < -0.4 is 5.32 Å². The van der Waals surface area contributed by atoms with E-state index in [0.29, 0.717) is 6.04 Å². The number of benzene rings is 1. The largest absolute Gasteiger partial charge is 0.313 e. The lowest BCUT2D eigenvalue weighted by atomic mass is 9.68. The number of hydrogen-bond donors (Lipinski definition) is 1. The monoisotopic (exact) mass is 339 g/mol. The SMILES string of the molecule is CC/C(C)=C\C(C)=C/C[C@](CC)(c1cc(C)cc(C)c1)C1CCCN1. The molecule has 1 heterocycles. The average molecular weight is 340 g/mol. The highest BCUT2D eigenvalue weighted by Gasteiger charge is 2.39. The van der Waals surface area contributed by atoms with Crippen molar-refractivity contribution in [3.63, 3.8) is 0 Å². The van der Waals surface area contributed by atoms with Gasteiger partial charge < -0.3 is 5.32 Å². The van der Waals surface area contributed by atoms with Gasteiger partial charge in [0.05, 0.1) is 0 Å². The molecule has 0 spiro atoms. The molecular weight excluding hydrogens is 302 g/mol. The second-order valence-electron chi connectivity index (χ2n) is 8.03. The van der Waals surface area contributed by atoms with Gasteiger partial charge in [0.15, 0.2) is 0 Å². The Morgan fingerprint density at radius 3 is 2.36 bits per heavy atom. The minimum atomic E-state index is 0.197.